The van der Waals surface area contributed by atoms with Crippen LogP contribution >= 0.6 is 0 Å². The summed E-state index contributed by atoms with van der Waals surface area (Å²) in [6.45, 7) is 3.97. The summed E-state index contributed by atoms with van der Waals surface area (Å²) in [5.41, 5.74) is 1.58. The normalized spacial score (nSPS) is 15.1. The summed E-state index contributed by atoms with van der Waals surface area (Å²) < 4.78 is 0. The Hall–Kier alpha value is -1.14. The Bertz CT molecular complexity index is 481. The Balaban J connectivity index is 2.60. The first-order valence-electron chi connectivity index (χ1n) is 9.46. The number of aromatic hydroxyl groups is 1. The summed E-state index contributed by atoms with van der Waals surface area (Å²) in [7, 11) is 0. The average Bonchev–Trinajstić information content (AvgIpc) is 2.60. The minimum atomic E-state index is -0.331. The molecule has 0 saturated heterocycles. The van der Waals surface area contributed by atoms with Crippen LogP contribution in [0.3, 0.4) is 0 Å². The molecule has 0 spiro atoms. The summed E-state index contributed by atoms with van der Waals surface area (Å²) >= 11 is 0. The van der Waals surface area contributed by atoms with Crippen LogP contribution in [0.25, 0.3) is 0 Å². The van der Waals surface area contributed by atoms with E-state index < -0.39 is 0 Å². The van der Waals surface area contributed by atoms with Gasteiger partial charge in [-0.05, 0) is 50.3 Å². The molecule has 3 unspecified atom stereocenters. The molecular formula is C20H35NO4. The highest BCUT2D eigenvalue weighted by molar-refractivity contribution is 5.35. The number of phenols is 1. The smallest absolute Gasteiger partial charge is 0.121 e. The van der Waals surface area contributed by atoms with Crippen LogP contribution in [0.4, 0.5) is 0 Å². The number of hydrogen-bond donors (Lipinski definition) is 5. The van der Waals surface area contributed by atoms with Gasteiger partial charge in [-0.1, -0.05) is 32.3 Å². The zero-order valence-electron chi connectivity index (χ0n) is 15.6. The molecule has 0 radical (unpaired) electrons. The van der Waals surface area contributed by atoms with Crippen molar-refractivity contribution in [3.63, 3.8) is 0 Å². The lowest BCUT2D eigenvalue weighted by atomic mass is 9.96. The highest BCUT2D eigenvalue weighted by Crippen LogP contribution is 2.20. The van der Waals surface area contributed by atoms with Gasteiger partial charge in [-0.2, -0.15) is 0 Å². The highest BCUT2D eigenvalue weighted by atomic mass is 16.3. The van der Waals surface area contributed by atoms with Crippen molar-refractivity contribution >= 4 is 0 Å². The molecule has 0 aromatic heterocycles. The van der Waals surface area contributed by atoms with Crippen LogP contribution in [-0.4, -0.2) is 45.2 Å². The second-order valence-electron chi connectivity index (χ2n) is 6.99. The molecule has 3 atom stereocenters. The summed E-state index contributed by atoms with van der Waals surface area (Å²) in [5, 5.41) is 41.9. The lowest BCUT2D eigenvalue weighted by molar-refractivity contribution is 0.128. The van der Waals surface area contributed by atoms with Crippen molar-refractivity contribution in [2.45, 2.75) is 83.6 Å². The van der Waals surface area contributed by atoms with Crippen LogP contribution in [0.2, 0.25) is 0 Å². The lowest BCUT2D eigenvalue weighted by Crippen LogP contribution is -2.41. The summed E-state index contributed by atoms with van der Waals surface area (Å²) in [6.07, 6.45) is 6.08. The van der Waals surface area contributed by atoms with E-state index in [1.807, 2.05) is 19.1 Å². The number of benzene rings is 1. The molecular weight excluding hydrogens is 318 g/mol. The van der Waals surface area contributed by atoms with Crippen LogP contribution in [0, 0.1) is 0 Å². The van der Waals surface area contributed by atoms with E-state index in [4.69, 9.17) is 0 Å². The molecule has 0 bridgehead atoms. The number of rotatable bonds is 13. The first-order chi connectivity index (χ1) is 12.0. The number of aliphatic hydroxyl groups is 3. The van der Waals surface area contributed by atoms with Crippen molar-refractivity contribution < 1.29 is 20.4 Å². The molecule has 0 fully saturated rings. The van der Waals surface area contributed by atoms with Crippen LogP contribution < -0.4 is 5.32 Å². The van der Waals surface area contributed by atoms with Crippen molar-refractivity contribution in [3.05, 3.63) is 29.3 Å². The van der Waals surface area contributed by atoms with Gasteiger partial charge in [0.1, 0.15) is 5.75 Å². The van der Waals surface area contributed by atoms with Gasteiger partial charge in [-0.25, -0.2) is 0 Å². The van der Waals surface area contributed by atoms with Gasteiger partial charge >= 0.3 is 0 Å². The molecule has 25 heavy (non-hydrogen) atoms. The maximum absolute atomic E-state index is 10.3. The minimum absolute atomic E-state index is 0.0133. The van der Waals surface area contributed by atoms with Crippen LogP contribution in [0.1, 0.15) is 63.5 Å². The van der Waals surface area contributed by atoms with Crippen LogP contribution in [0.5, 0.6) is 5.75 Å². The SMILES string of the molecule is CCCCCC(O)CC(CCc1ccc(O)c(CO)c1)NC(C)CO. The van der Waals surface area contributed by atoms with Gasteiger partial charge in [0.15, 0.2) is 0 Å². The zero-order chi connectivity index (χ0) is 18.7. The topological polar surface area (TPSA) is 93.0 Å². The largest absolute Gasteiger partial charge is 0.508 e. The van der Waals surface area contributed by atoms with E-state index in [-0.39, 0.29) is 37.2 Å². The molecule has 5 nitrogen and oxygen atoms in total. The van der Waals surface area contributed by atoms with Gasteiger partial charge in [0, 0.05) is 17.6 Å². The first kappa shape index (κ1) is 21.9. The molecule has 0 saturated carbocycles. The molecule has 0 aliphatic heterocycles. The van der Waals surface area contributed by atoms with Gasteiger partial charge in [0.2, 0.25) is 0 Å². The maximum Gasteiger partial charge on any atom is 0.121 e. The average molecular weight is 354 g/mol. The molecule has 5 heteroatoms. The molecule has 5 N–H and O–H groups in total. The molecule has 144 valence electrons. The van der Waals surface area contributed by atoms with Gasteiger partial charge in [0.05, 0.1) is 19.3 Å². The third-order valence-corrected chi connectivity index (χ3v) is 4.59. The maximum atomic E-state index is 10.3. The van der Waals surface area contributed by atoms with E-state index in [1.165, 1.54) is 0 Å². The quantitative estimate of drug-likeness (QED) is 0.351. The monoisotopic (exact) mass is 353 g/mol. The second kappa shape index (κ2) is 12.3. The Labute approximate surface area is 151 Å². The Morgan fingerprint density at radius 1 is 1.12 bits per heavy atom. The van der Waals surface area contributed by atoms with Gasteiger partial charge in [-0.15, -0.1) is 0 Å². The highest BCUT2D eigenvalue weighted by Gasteiger charge is 2.17. The van der Waals surface area contributed by atoms with Crippen molar-refractivity contribution in [3.8, 4) is 5.75 Å². The molecule has 0 heterocycles. The van der Waals surface area contributed by atoms with E-state index in [0.717, 1.165) is 44.1 Å². The molecule has 0 aliphatic carbocycles. The molecule has 1 aromatic carbocycles. The van der Waals surface area contributed by atoms with Crippen LogP contribution in [-0.2, 0) is 13.0 Å². The third kappa shape index (κ3) is 8.68. The number of hydrogen-bond acceptors (Lipinski definition) is 5. The predicted octanol–water partition coefficient (Wildman–Crippen LogP) is 2.49. The molecule has 0 amide bonds. The Kier molecular flexibility index (Phi) is 10.7. The number of unbranched alkanes of at least 4 members (excludes halogenated alkanes) is 2. The number of aryl methyl sites for hydroxylation is 1. The van der Waals surface area contributed by atoms with Crippen LogP contribution in [0.15, 0.2) is 18.2 Å². The fourth-order valence-electron chi connectivity index (χ4n) is 3.06. The van der Waals surface area contributed by atoms with Crippen molar-refractivity contribution in [2.24, 2.45) is 0 Å². The van der Waals surface area contributed by atoms with Gasteiger partial charge < -0.3 is 25.7 Å². The molecule has 1 rings (SSSR count). The van der Waals surface area contributed by atoms with E-state index in [1.54, 1.807) is 6.07 Å². The van der Waals surface area contributed by atoms with Crippen molar-refractivity contribution in [1.82, 2.24) is 5.32 Å². The van der Waals surface area contributed by atoms with E-state index in [9.17, 15) is 20.4 Å². The lowest BCUT2D eigenvalue weighted by Gasteiger charge is -2.25. The standard InChI is InChI=1S/C20H35NO4/c1-3-4-5-6-19(24)12-18(21-15(2)13-22)9-7-16-8-10-20(25)17(11-16)14-23/h8,10-11,15,18-19,21-25H,3-7,9,12-14H2,1-2H3. The summed E-state index contributed by atoms with van der Waals surface area (Å²) in [5.74, 6) is 0.112. The Morgan fingerprint density at radius 3 is 2.52 bits per heavy atom. The number of aliphatic hydroxyl groups excluding tert-OH is 3. The van der Waals surface area contributed by atoms with Gasteiger partial charge in [0.25, 0.3) is 0 Å². The zero-order valence-corrected chi connectivity index (χ0v) is 15.6. The fourth-order valence-corrected chi connectivity index (χ4v) is 3.06. The number of nitrogens with one attached hydrogen (secondary N) is 1. The summed E-state index contributed by atoms with van der Waals surface area (Å²) in [4.78, 5) is 0. The van der Waals surface area contributed by atoms with Crippen molar-refractivity contribution in [2.75, 3.05) is 6.61 Å². The predicted molar refractivity (Wildman–Crippen MR) is 101 cm³/mol. The van der Waals surface area contributed by atoms with E-state index >= 15 is 0 Å². The minimum Gasteiger partial charge on any atom is -0.508 e. The molecule has 1 aromatic rings. The van der Waals surface area contributed by atoms with Crippen molar-refractivity contribution in [1.29, 1.82) is 0 Å². The first-order valence-corrected chi connectivity index (χ1v) is 9.46. The second-order valence-corrected chi connectivity index (χ2v) is 6.99. The fraction of sp³-hybridized carbons (Fsp3) is 0.700. The third-order valence-electron chi connectivity index (χ3n) is 4.59. The summed E-state index contributed by atoms with van der Waals surface area (Å²) in [6, 6.07) is 5.39. The van der Waals surface area contributed by atoms with E-state index in [0.29, 0.717) is 12.0 Å². The molecule has 0 aliphatic rings. The van der Waals surface area contributed by atoms with E-state index in [2.05, 4.69) is 12.2 Å². The van der Waals surface area contributed by atoms with Gasteiger partial charge in [-0.3, -0.25) is 0 Å². The Morgan fingerprint density at radius 2 is 1.88 bits per heavy atom.